The number of anilines is 2. The molecule has 0 saturated heterocycles. The van der Waals surface area contributed by atoms with Gasteiger partial charge in [0.15, 0.2) is 5.78 Å². The molecule has 0 spiro atoms. The first-order chi connectivity index (χ1) is 13.9. The van der Waals surface area contributed by atoms with Crippen LogP contribution in [0.3, 0.4) is 0 Å². The highest BCUT2D eigenvalue weighted by Crippen LogP contribution is 2.37. The van der Waals surface area contributed by atoms with Gasteiger partial charge in [-0.25, -0.2) is 13.8 Å². The Morgan fingerprint density at radius 1 is 1.14 bits per heavy atom. The van der Waals surface area contributed by atoms with Crippen LogP contribution in [0.4, 0.5) is 20.4 Å². The summed E-state index contributed by atoms with van der Waals surface area (Å²) in [6.07, 6.45) is 0.870. The molecule has 2 N–H and O–H groups in total. The second-order valence-corrected chi connectivity index (χ2v) is 7.62. The monoisotopic (exact) mass is 399 g/mol. The zero-order valence-corrected chi connectivity index (χ0v) is 15.9. The summed E-state index contributed by atoms with van der Waals surface area (Å²) in [5.74, 6) is -2.05. The second-order valence-electron chi connectivity index (χ2n) is 7.62. The fourth-order valence-corrected chi connectivity index (χ4v) is 3.86. The first kappa shape index (κ1) is 19.5. The minimum atomic E-state index is -2.54. The molecule has 1 fully saturated rings. The van der Waals surface area contributed by atoms with Crippen LogP contribution < -0.4 is 5.32 Å². The zero-order chi connectivity index (χ0) is 20.4. The number of aliphatic hydroxyl groups is 1. The van der Waals surface area contributed by atoms with Crippen molar-refractivity contribution in [3.63, 3.8) is 0 Å². The Morgan fingerprint density at radius 2 is 1.83 bits per heavy atom. The number of ketones is 1. The Bertz CT molecular complexity index is 1000. The van der Waals surface area contributed by atoms with E-state index >= 15 is 0 Å². The number of fused-ring (bicyclic) bond motifs is 1. The van der Waals surface area contributed by atoms with Crippen LogP contribution in [0.1, 0.15) is 36.0 Å². The Kier molecular flexibility index (Phi) is 5.32. The number of aliphatic hydroxyl groups excluding tert-OH is 1. The first-order valence-corrected chi connectivity index (χ1v) is 9.79. The molecule has 0 atom stereocenters. The summed E-state index contributed by atoms with van der Waals surface area (Å²) in [5, 5.41) is 12.3. The topological polar surface area (TPSA) is 67.2 Å². The van der Waals surface area contributed by atoms with Crippen molar-refractivity contribution in [2.24, 2.45) is 5.92 Å². The normalized spacial score (nSPS) is 16.8. The smallest absolute Gasteiger partial charge is 0.248 e. The van der Waals surface area contributed by atoms with E-state index in [-0.39, 0.29) is 24.5 Å². The number of aromatic nitrogens is 2. The molecule has 1 aromatic heterocycles. The maximum absolute atomic E-state index is 13.5. The van der Waals surface area contributed by atoms with Crippen LogP contribution in [-0.4, -0.2) is 33.0 Å². The quantitative estimate of drug-likeness (QED) is 0.586. The van der Waals surface area contributed by atoms with E-state index in [1.807, 2.05) is 24.3 Å². The van der Waals surface area contributed by atoms with Crippen molar-refractivity contribution in [1.82, 2.24) is 9.55 Å². The third-order valence-corrected chi connectivity index (χ3v) is 5.54. The number of Topliss-reactive ketones (excluding diaryl/α,β-unsaturated/α-hetero) is 1. The number of imidazole rings is 1. The predicted molar refractivity (Wildman–Crippen MR) is 108 cm³/mol. The number of halogens is 2. The summed E-state index contributed by atoms with van der Waals surface area (Å²) in [6.45, 7) is 0.100. The number of hydrogen-bond acceptors (Lipinski definition) is 4. The van der Waals surface area contributed by atoms with Crippen LogP contribution in [0.2, 0.25) is 0 Å². The highest BCUT2D eigenvalue weighted by molar-refractivity contribution is 5.97. The van der Waals surface area contributed by atoms with Crippen molar-refractivity contribution in [1.29, 1.82) is 0 Å². The number of nitrogens with one attached hydrogen (secondary N) is 1. The third-order valence-electron chi connectivity index (χ3n) is 5.54. The van der Waals surface area contributed by atoms with Crippen LogP contribution in [0.15, 0.2) is 48.5 Å². The lowest BCUT2D eigenvalue weighted by Gasteiger charge is -2.29. The van der Waals surface area contributed by atoms with Crippen LogP contribution in [-0.2, 0) is 6.54 Å². The van der Waals surface area contributed by atoms with E-state index in [2.05, 4.69) is 14.9 Å². The van der Waals surface area contributed by atoms with E-state index in [1.54, 1.807) is 24.3 Å². The molecule has 0 aliphatic heterocycles. The van der Waals surface area contributed by atoms with Crippen LogP contribution in [0.25, 0.3) is 11.0 Å². The average molecular weight is 399 g/mol. The minimum Gasteiger partial charge on any atom is -0.388 e. The molecule has 1 aliphatic carbocycles. The Balaban J connectivity index is 1.59. The van der Waals surface area contributed by atoms with Gasteiger partial charge in [-0.05, 0) is 55.2 Å². The number of para-hydroxylation sites is 2. The predicted octanol–water partition coefficient (Wildman–Crippen LogP) is 4.78. The van der Waals surface area contributed by atoms with Gasteiger partial charge < -0.3 is 15.0 Å². The fourth-order valence-electron chi connectivity index (χ4n) is 3.86. The van der Waals surface area contributed by atoms with Gasteiger partial charge in [-0.15, -0.1) is 0 Å². The van der Waals surface area contributed by atoms with Crippen molar-refractivity contribution in [2.75, 3.05) is 11.9 Å². The Hall–Kier alpha value is -2.80. The van der Waals surface area contributed by atoms with E-state index < -0.39 is 12.5 Å². The molecule has 2 aromatic carbocycles. The first-order valence-electron chi connectivity index (χ1n) is 9.79. The molecule has 1 saturated carbocycles. The molecule has 29 heavy (non-hydrogen) atoms. The molecular weight excluding hydrogens is 376 g/mol. The number of rotatable bonds is 6. The van der Waals surface area contributed by atoms with Gasteiger partial charge in [0.25, 0.3) is 0 Å². The largest absolute Gasteiger partial charge is 0.388 e. The van der Waals surface area contributed by atoms with E-state index in [0.29, 0.717) is 30.9 Å². The Morgan fingerprint density at radius 3 is 2.52 bits per heavy atom. The fraction of sp³-hybridized carbons (Fsp3) is 0.364. The summed E-state index contributed by atoms with van der Waals surface area (Å²) in [4.78, 5) is 16.3. The lowest BCUT2D eigenvalue weighted by Crippen LogP contribution is -2.27. The minimum absolute atomic E-state index is 0.0621. The maximum Gasteiger partial charge on any atom is 0.248 e. The van der Waals surface area contributed by atoms with Gasteiger partial charge in [0.2, 0.25) is 11.9 Å². The van der Waals surface area contributed by atoms with Crippen molar-refractivity contribution in [3.8, 4) is 0 Å². The van der Waals surface area contributed by atoms with E-state index in [4.69, 9.17) is 5.11 Å². The van der Waals surface area contributed by atoms with Crippen LogP contribution >= 0.6 is 0 Å². The molecule has 0 bridgehead atoms. The molecule has 1 aliphatic rings. The van der Waals surface area contributed by atoms with Crippen molar-refractivity contribution in [2.45, 2.75) is 38.2 Å². The molecule has 0 amide bonds. The molecule has 7 heteroatoms. The summed E-state index contributed by atoms with van der Waals surface area (Å²) in [7, 11) is 0. The highest BCUT2D eigenvalue weighted by atomic mass is 19.3. The third kappa shape index (κ3) is 4.29. The standard InChI is InChI=1S/C22H23F2N3O2/c23-22(24)11-9-15(10-12-22)13-27-19-4-2-1-3-18(19)26-21(27)25-17-7-5-16(6-8-17)20(29)14-28/h1-8,15,28H,9-14H2,(H,25,26). The number of carbonyl (C=O) groups is 1. The van der Waals surface area contributed by atoms with Gasteiger partial charge in [0.05, 0.1) is 11.0 Å². The summed E-state index contributed by atoms with van der Waals surface area (Å²) >= 11 is 0. The van der Waals surface area contributed by atoms with Crippen LogP contribution in [0, 0.1) is 5.92 Å². The number of benzene rings is 2. The van der Waals surface area contributed by atoms with Gasteiger partial charge in [-0.2, -0.15) is 0 Å². The lowest BCUT2D eigenvalue weighted by molar-refractivity contribution is -0.0471. The molecular formula is C22H23F2N3O2. The summed E-state index contributed by atoms with van der Waals surface area (Å²) in [5.41, 5.74) is 2.99. The summed E-state index contributed by atoms with van der Waals surface area (Å²) < 4.78 is 29.1. The SMILES string of the molecule is O=C(CO)c1ccc(Nc2nc3ccccc3n2CC2CCC(F)(F)CC2)cc1. The number of hydrogen-bond donors (Lipinski definition) is 2. The van der Waals surface area contributed by atoms with E-state index in [9.17, 15) is 13.6 Å². The molecule has 0 unspecified atom stereocenters. The van der Waals surface area contributed by atoms with Crippen molar-refractivity contribution in [3.05, 3.63) is 54.1 Å². The highest BCUT2D eigenvalue weighted by Gasteiger charge is 2.35. The molecule has 4 rings (SSSR count). The summed E-state index contributed by atoms with van der Waals surface area (Å²) in [6, 6.07) is 14.6. The van der Waals surface area contributed by atoms with E-state index in [0.717, 1.165) is 16.7 Å². The van der Waals surface area contributed by atoms with Crippen molar-refractivity contribution < 1.29 is 18.7 Å². The average Bonchev–Trinajstić information content (AvgIpc) is 3.06. The molecule has 0 radical (unpaired) electrons. The van der Waals surface area contributed by atoms with Crippen molar-refractivity contribution >= 4 is 28.5 Å². The number of alkyl halides is 2. The van der Waals surface area contributed by atoms with Gasteiger partial charge in [0.1, 0.15) is 6.61 Å². The lowest BCUT2D eigenvalue weighted by atomic mass is 9.86. The molecule has 5 nitrogen and oxygen atoms in total. The molecule has 3 aromatic rings. The number of carbonyl (C=O) groups excluding carboxylic acids is 1. The molecule has 1 heterocycles. The van der Waals surface area contributed by atoms with Gasteiger partial charge >= 0.3 is 0 Å². The second kappa shape index (κ2) is 7.91. The van der Waals surface area contributed by atoms with Gasteiger partial charge in [-0.1, -0.05) is 12.1 Å². The van der Waals surface area contributed by atoms with Gasteiger partial charge in [-0.3, -0.25) is 4.79 Å². The molecule has 152 valence electrons. The zero-order valence-electron chi connectivity index (χ0n) is 15.9. The van der Waals surface area contributed by atoms with Gasteiger partial charge in [0, 0.05) is 30.6 Å². The Labute approximate surface area is 167 Å². The van der Waals surface area contributed by atoms with Crippen LogP contribution in [0.5, 0.6) is 0 Å². The maximum atomic E-state index is 13.5. The van der Waals surface area contributed by atoms with E-state index in [1.165, 1.54) is 0 Å². The number of nitrogens with zero attached hydrogens (tertiary/aromatic N) is 2.